The molecule has 170 valence electrons. The Morgan fingerprint density at radius 2 is 1.62 bits per heavy atom. The molecule has 1 heterocycles. The summed E-state index contributed by atoms with van der Waals surface area (Å²) in [5.41, 5.74) is 0.422. The van der Waals surface area contributed by atoms with Gasteiger partial charge in [-0.1, -0.05) is 6.07 Å². The molecule has 1 saturated heterocycles. The largest absolute Gasteiger partial charge is 0.494 e. The quantitative estimate of drug-likeness (QED) is 0.501. The third-order valence-corrected chi connectivity index (χ3v) is 5.04. The minimum Gasteiger partial charge on any atom is -0.494 e. The second-order valence-electron chi connectivity index (χ2n) is 7.44. The number of carbonyl (C=O) groups excluding carboxylic acids is 3. The number of ether oxygens (including phenoxy) is 3. The van der Waals surface area contributed by atoms with Gasteiger partial charge in [0.1, 0.15) is 17.2 Å². The van der Waals surface area contributed by atoms with E-state index in [1.54, 1.807) is 47.4 Å². The monoisotopic (exact) mass is 440 g/mol. The maximum atomic E-state index is 12.5. The lowest BCUT2D eigenvalue weighted by molar-refractivity contribution is -0.134. The molecule has 2 amide bonds. The minimum absolute atomic E-state index is 0.0315. The van der Waals surface area contributed by atoms with Crippen LogP contribution in [0.25, 0.3) is 0 Å². The van der Waals surface area contributed by atoms with E-state index in [0.717, 1.165) is 5.75 Å². The number of amides is 2. The maximum absolute atomic E-state index is 12.5. The Kier molecular flexibility index (Phi) is 8.08. The molecule has 2 aromatic carbocycles. The Labute approximate surface area is 187 Å². The Hall–Kier alpha value is -3.55. The van der Waals surface area contributed by atoms with E-state index in [4.69, 9.17) is 14.2 Å². The predicted octanol–water partition coefficient (Wildman–Crippen LogP) is 2.81. The van der Waals surface area contributed by atoms with Gasteiger partial charge in [0, 0.05) is 31.6 Å². The lowest BCUT2D eigenvalue weighted by atomic mass is 10.0. The SMILES string of the molecule is CCOc1ccc(OCC(=O)N2CCC(NC(=O)c3cccc(OC(C)=O)c3)CC2)cc1. The summed E-state index contributed by atoms with van der Waals surface area (Å²) in [7, 11) is 0. The van der Waals surface area contributed by atoms with Crippen molar-refractivity contribution in [3.05, 3.63) is 54.1 Å². The fraction of sp³-hybridized carbons (Fsp3) is 0.375. The molecule has 0 aliphatic carbocycles. The van der Waals surface area contributed by atoms with Gasteiger partial charge in [-0.25, -0.2) is 0 Å². The number of rotatable bonds is 8. The lowest BCUT2D eigenvalue weighted by Gasteiger charge is -2.32. The maximum Gasteiger partial charge on any atom is 0.308 e. The van der Waals surface area contributed by atoms with Crippen LogP contribution in [0.15, 0.2) is 48.5 Å². The molecule has 0 bridgehead atoms. The van der Waals surface area contributed by atoms with Crippen molar-refractivity contribution in [2.45, 2.75) is 32.7 Å². The number of piperidine rings is 1. The molecule has 8 heteroatoms. The van der Waals surface area contributed by atoms with Gasteiger partial charge in [0.2, 0.25) is 0 Å². The van der Waals surface area contributed by atoms with Gasteiger partial charge >= 0.3 is 5.97 Å². The molecule has 1 fully saturated rings. The number of hydrogen-bond acceptors (Lipinski definition) is 6. The van der Waals surface area contributed by atoms with Gasteiger partial charge in [0.15, 0.2) is 6.61 Å². The predicted molar refractivity (Wildman–Crippen MR) is 118 cm³/mol. The number of nitrogens with zero attached hydrogens (tertiary/aromatic N) is 1. The Balaban J connectivity index is 1.42. The second kappa shape index (κ2) is 11.2. The highest BCUT2D eigenvalue weighted by molar-refractivity contribution is 5.95. The van der Waals surface area contributed by atoms with Crippen molar-refractivity contribution >= 4 is 17.8 Å². The number of benzene rings is 2. The van der Waals surface area contributed by atoms with Crippen LogP contribution in [0.5, 0.6) is 17.2 Å². The molecule has 1 N–H and O–H groups in total. The number of nitrogens with one attached hydrogen (secondary N) is 1. The van der Waals surface area contributed by atoms with Crippen molar-refractivity contribution in [3.63, 3.8) is 0 Å². The van der Waals surface area contributed by atoms with Crippen LogP contribution in [-0.2, 0) is 9.59 Å². The van der Waals surface area contributed by atoms with Crippen LogP contribution in [0.1, 0.15) is 37.0 Å². The third kappa shape index (κ3) is 6.73. The van der Waals surface area contributed by atoms with Gasteiger partial charge in [-0.2, -0.15) is 0 Å². The smallest absolute Gasteiger partial charge is 0.308 e. The summed E-state index contributed by atoms with van der Waals surface area (Å²) in [5, 5.41) is 2.99. The molecule has 1 aliphatic rings. The van der Waals surface area contributed by atoms with Crippen molar-refractivity contribution in [1.29, 1.82) is 0 Å². The molecule has 0 saturated carbocycles. The summed E-state index contributed by atoms with van der Waals surface area (Å²) in [6.45, 7) is 4.88. The number of hydrogen-bond donors (Lipinski definition) is 1. The standard InChI is InChI=1S/C24H28N2O6/c1-3-30-20-7-9-21(10-8-20)31-16-23(28)26-13-11-19(12-14-26)25-24(29)18-5-4-6-22(15-18)32-17(2)27/h4-10,15,19H,3,11-14,16H2,1-2H3,(H,25,29). The second-order valence-corrected chi connectivity index (χ2v) is 7.44. The Morgan fingerprint density at radius 3 is 2.25 bits per heavy atom. The number of esters is 1. The first-order chi connectivity index (χ1) is 15.4. The van der Waals surface area contributed by atoms with Gasteiger partial charge in [-0.15, -0.1) is 0 Å². The molecule has 0 atom stereocenters. The summed E-state index contributed by atoms with van der Waals surface area (Å²) in [5.74, 6) is 0.942. The number of likely N-dealkylation sites (tertiary alicyclic amines) is 1. The lowest BCUT2D eigenvalue weighted by Crippen LogP contribution is -2.47. The molecule has 1 aliphatic heterocycles. The molecule has 3 rings (SSSR count). The first-order valence-corrected chi connectivity index (χ1v) is 10.7. The highest BCUT2D eigenvalue weighted by Crippen LogP contribution is 2.18. The van der Waals surface area contributed by atoms with E-state index >= 15 is 0 Å². The van der Waals surface area contributed by atoms with Crippen LogP contribution in [-0.4, -0.2) is 55.0 Å². The summed E-state index contributed by atoms with van der Waals surface area (Å²) >= 11 is 0. The van der Waals surface area contributed by atoms with E-state index in [1.807, 2.05) is 6.92 Å². The summed E-state index contributed by atoms with van der Waals surface area (Å²) < 4.78 is 16.0. The molecule has 0 unspecified atom stereocenters. The van der Waals surface area contributed by atoms with Crippen LogP contribution in [0.4, 0.5) is 0 Å². The zero-order valence-corrected chi connectivity index (χ0v) is 18.3. The first-order valence-electron chi connectivity index (χ1n) is 10.7. The molecule has 0 aromatic heterocycles. The molecule has 8 nitrogen and oxygen atoms in total. The van der Waals surface area contributed by atoms with Gasteiger partial charge in [0.25, 0.3) is 11.8 Å². The summed E-state index contributed by atoms with van der Waals surface area (Å²) in [4.78, 5) is 37.8. The molecular formula is C24H28N2O6. The van der Waals surface area contributed by atoms with Gasteiger partial charge in [0.05, 0.1) is 6.61 Å². The van der Waals surface area contributed by atoms with Crippen LogP contribution in [0.3, 0.4) is 0 Å². The fourth-order valence-electron chi connectivity index (χ4n) is 3.44. The van der Waals surface area contributed by atoms with Gasteiger partial charge in [-0.3, -0.25) is 14.4 Å². The van der Waals surface area contributed by atoms with Crippen molar-refractivity contribution in [2.75, 3.05) is 26.3 Å². The van der Waals surface area contributed by atoms with Crippen molar-refractivity contribution in [1.82, 2.24) is 10.2 Å². The van der Waals surface area contributed by atoms with Crippen molar-refractivity contribution in [3.8, 4) is 17.2 Å². The van der Waals surface area contributed by atoms with E-state index in [-0.39, 0.29) is 24.5 Å². The Morgan fingerprint density at radius 1 is 0.969 bits per heavy atom. The topological polar surface area (TPSA) is 94.2 Å². The fourth-order valence-corrected chi connectivity index (χ4v) is 3.44. The molecular weight excluding hydrogens is 412 g/mol. The zero-order valence-electron chi connectivity index (χ0n) is 18.3. The van der Waals surface area contributed by atoms with E-state index < -0.39 is 5.97 Å². The highest BCUT2D eigenvalue weighted by atomic mass is 16.5. The Bertz CT molecular complexity index is 936. The number of carbonyl (C=O) groups is 3. The van der Waals surface area contributed by atoms with E-state index in [2.05, 4.69) is 5.32 Å². The zero-order chi connectivity index (χ0) is 22.9. The molecule has 0 radical (unpaired) electrons. The van der Waals surface area contributed by atoms with Crippen LogP contribution >= 0.6 is 0 Å². The van der Waals surface area contributed by atoms with Crippen LogP contribution in [0, 0.1) is 0 Å². The molecule has 2 aromatic rings. The van der Waals surface area contributed by atoms with Gasteiger partial charge < -0.3 is 24.4 Å². The highest BCUT2D eigenvalue weighted by Gasteiger charge is 2.24. The molecule has 0 spiro atoms. The normalized spacial score (nSPS) is 13.9. The average molecular weight is 440 g/mol. The molecule has 32 heavy (non-hydrogen) atoms. The van der Waals surface area contributed by atoms with Crippen LogP contribution in [0.2, 0.25) is 0 Å². The first kappa shape index (κ1) is 23.1. The minimum atomic E-state index is -0.439. The van der Waals surface area contributed by atoms with E-state index in [0.29, 0.717) is 49.6 Å². The van der Waals surface area contributed by atoms with E-state index in [1.165, 1.54) is 13.0 Å². The van der Waals surface area contributed by atoms with Crippen molar-refractivity contribution < 1.29 is 28.6 Å². The average Bonchev–Trinajstić information content (AvgIpc) is 2.79. The van der Waals surface area contributed by atoms with Crippen LogP contribution < -0.4 is 19.5 Å². The summed E-state index contributed by atoms with van der Waals surface area (Å²) in [6, 6.07) is 13.6. The summed E-state index contributed by atoms with van der Waals surface area (Å²) in [6.07, 6.45) is 1.31. The van der Waals surface area contributed by atoms with Gasteiger partial charge in [-0.05, 0) is 62.2 Å². The van der Waals surface area contributed by atoms with E-state index in [9.17, 15) is 14.4 Å². The third-order valence-electron chi connectivity index (χ3n) is 5.04. The van der Waals surface area contributed by atoms with Crippen molar-refractivity contribution in [2.24, 2.45) is 0 Å².